The zero-order valence-corrected chi connectivity index (χ0v) is 18.2. The fourth-order valence-corrected chi connectivity index (χ4v) is 4.18. The van der Waals surface area contributed by atoms with Crippen LogP contribution in [0.1, 0.15) is 75.9 Å². The summed E-state index contributed by atoms with van der Waals surface area (Å²) in [6.07, 6.45) is 8.84. The van der Waals surface area contributed by atoms with Gasteiger partial charge in [0.25, 0.3) is 0 Å². The van der Waals surface area contributed by atoms with Gasteiger partial charge in [-0.05, 0) is 75.1 Å². The van der Waals surface area contributed by atoms with Gasteiger partial charge in [0.05, 0.1) is 24.2 Å². The number of aromatic nitrogens is 2. The molecule has 0 saturated heterocycles. The zero-order chi connectivity index (χ0) is 20.1. The van der Waals surface area contributed by atoms with Gasteiger partial charge >= 0.3 is 0 Å². The van der Waals surface area contributed by atoms with Crippen LogP contribution in [0.5, 0.6) is 5.75 Å². The van der Waals surface area contributed by atoms with Crippen LogP contribution in [0.4, 0.5) is 5.82 Å². The highest BCUT2D eigenvalue weighted by Gasteiger charge is 2.20. The number of nitrogens with one attached hydrogen (secondary N) is 1. The molecule has 0 amide bonds. The maximum absolute atomic E-state index is 5.78. The van der Waals surface area contributed by atoms with Crippen molar-refractivity contribution in [3.8, 4) is 17.0 Å². The van der Waals surface area contributed by atoms with Crippen LogP contribution < -0.4 is 10.1 Å². The fourth-order valence-electron chi connectivity index (χ4n) is 4.18. The Morgan fingerprint density at radius 2 is 1.68 bits per heavy atom. The second kappa shape index (κ2) is 9.40. The molecule has 1 aliphatic rings. The lowest BCUT2D eigenvalue weighted by Crippen LogP contribution is -2.18. The summed E-state index contributed by atoms with van der Waals surface area (Å²) in [4.78, 5) is 10.1. The topological polar surface area (TPSA) is 47.0 Å². The van der Waals surface area contributed by atoms with Gasteiger partial charge in [-0.15, -0.1) is 0 Å². The average Bonchev–Trinajstić information content (AvgIpc) is 2.72. The Balaban J connectivity index is 2.08. The van der Waals surface area contributed by atoms with E-state index in [9.17, 15) is 0 Å². The minimum atomic E-state index is 0.401. The van der Waals surface area contributed by atoms with Crippen LogP contribution in [-0.4, -0.2) is 23.1 Å². The Kier molecular flexibility index (Phi) is 6.93. The molecule has 0 aliphatic heterocycles. The molecule has 152 valence electrons. The van der Waals surface area contributed by atoms with Crippen molar-refractivity contribution in [1.29, 1.82) is 0 Å². The summed E-state index contributed by atoms with van der Waals surface area (Å²) in [5.41, 5.74) is 7.03. The quantitative estimate of drug-likeness (QED) is 0.632. The Morgan fingerprint density at radius 1 is 1.00 bits per heavy atom. The molecule has 1 aromatic carbocycles. The molecule has 1 N–H and O–H groups in total. The molecule has 0 fully saturated rings. The molecular weight excluding hydrogens is 346 g/mol. The molecule has 1 heterocycles. The van der Waals surface area contributed by atoms with Crippen LogP contribution in [0.15, 0.2) is 12.1 Å². The summed E-state index contributed by atoms with van der Waals surface area (Å²) in [6.45, 7) is 8.74. The van der Waals surface area contributed by atoms with Crippen molar-refractivity contribution in [1.82, 2.24) is 9.97 Å². The van der Waals surface area contributed by atoms with Gasteiger partial charge in [0.1, 0.15) is 11.6 Å². The number of benzene rings is 1. The van der Waals surface area contributed by atoms with Gasteiger partial charge in [0, 0.05) is 11.6 Å². The van der Waals surface area contributed by atoms with E-state index in [2.05, 4.69) is 45.1 Å². The van der Waals surface area contributed by atoms with E-state index in [1.807, 2.05) is 0 Å². The smallest absolute Gasteiger partial charge is 0.148 e. The number of aryl methyl sites for hydroxylation is 4. The monoisotopic (exact) mass is 381 g/mol. The Bertz CT molecular complexity index is 816. The van der Waals surface area contributed by atoms with Gasteiger partial charge in [-0.1, -0.05) is 27.2 Å². The highest BCUT2D eigenvalue weighted by Crippen LogP contribution is 2.37. The molecule has 1 atom stereocenters. The van der Waals surface area contributed by atoms with Crippen LogP contribution in [0.3, 0.4) is 0 Å². The van der Waals surface area contributed by atoms with Crippen LogP contribution in [0.2, 0.25) is 0 Å². The highest BCUT2D eigenvalue weighted by molar-refractivity contribution is 5.72. The summed E-state index contributed by atoms with van der Waals surface area (Å²) in [5.74, 6) is 1.87. The lowest BCUT2D eigenvalue weighted by Gasteiger charge is -2.22. The van der Waals surface area contributed by atoms with E-state index in [1.54, 1.807) is 7.11 Å². The first kappa shape index (κ1) is 20.6. The number of anilines is 1. The van der Waals surface area contributed by atoms with Crippen molar-refractivity contribution < 1.29 is 4.74 Å². The second-order valence-corrected chi connectivity index (χ2v) is 7.88. The first-order valence-electron chi connectivity index (χ1n) is 11.0. The molecule has 3 rings (SSSR count). The summed E-state index contributed by atoms with van der Waals surface area (Å²) >= 11 is 0. The number of hydrogen-bond acceptors (Lipinski definition) is 4. The Hall–Kier alpha value is -2.10. The van der Waals surface area contributed by atoms with Gasteiger partial charge in [-0.2, -0.15) is 0 Å². The van der Waals surface area contributed by atoms with Crippen molar-refractivity contribution in [3.63, 3.8) is 0 Å². The molecule has 0 bridgehead atoms. The van der Waals surface area contributed by atoms with Gasteiger partial charge in [-0.25, -0.2) is 9.97 Å². The molecule has 1 aromatic heterocycles. The van der Waals surface area contributed by atoms with Crippen molar-refractivity contribution in [2.75, 3.05) is 12.4 Å². The van der Waals surface area contributed by atoms with Crippen LogP contribution in [0, 0.1) is 0 Å². The number of methoxy groups -OCH3 is 1. The molecule has 0 saturated carbocycles. The minimum Gasteiger partial charge on any atom is -0.496 e. The zero-order valence-electron chi connectivity index (χ0n) is 18.2. The normalized spacial score (nSPS) is 14.5. The van der Waals surface area contributed by atoms with Crippen LogP contribution >= 0.6 is 0 Å². The maximum Gasteiger partial charge on any atom is 0.148 e. The molecule has 1 aliphatic carbocycles. The molecule has 2 aromatic rings. The van der Waals surface area contributed by atoms with Gasteiger partial charge in [-0.3, -0.25) is 0 Å². The number of ether oxygens (including phenoxy) is 1. The largest absolute Gasteiger partial charge is 0.496 e. The lowest BCUT2D eigenvalue weighted by atomic mass is 9.89. The minimum absolute atomic E-state index is 0.401. The standard InChI is InChI=1S/C24H35N3O/c1-6-11-16(4)25-24-21(8-3)26-23(20(7-2)27-24)19-14-17-12-9-10-13-18(17)15-22(19)28-5/h14-16H,6-13H2,1-5H3,(H,25,27). The van der Waals surface area contributed by atoms with Crippen molar-refractivity contribution in [3.05, 3.63) is 34.6 Å². The third-order valence-corrected chi connectivity index (χ3v) is 5.73. The van der Waals surface area contributed by atoms with E-state index >= 15 is 0 Å². The van der Waals surface area contributed by atoms with Crippen molar-refractivity contribution in [2.45, 2.75) is 85.1 Å². The predicted molar refractivity (Wildman–Crippen MR) is 117 cm³/mol. The van der Waals surface area contributed by atoms with E-state index in [1.165, 1.54) is 24.0 Å². The molecule has 1 unspecified atom stereocenters. The summed E-state index contributed by atoms with van der Waals surface area (Å²) in [5, 5.41) is 3.59. The van der Waals surface area contributed by atoms with Gasteiger partial charge < -0.3 is 10.1 Å². The number of rotatable bonds is 8. The number of nitrogens with zero attached hydrogens (tertiary/aromatic N) is 2. The highest BCUT2D eigenvalue weighted by atomic mass is 16.5. The third kappa shape index (κ3) is 4.31. The Morgan fingerprint density at radius 3 is 2.29 bits per heavy atom. The molecule has 4 heteroatoms. The molecule has 28 heavy (non-hydrogen) atoms. The number of hydrogen-bond donors (Lipinski definition) is 1. The van der Waals surface area contributed by atoms with Crippen molar-refractivity contribution in [2.24, 2.45) is 0 Å². The fraction of sp³-hybridized carbons (Fsp3) is 0.583. The SMILES string of the molecule is CCCC(C)Nc1nc(CC)c(-c2cc3c(cc2OC)CCCC3)nc1CC. The van der Waals surface area contributed by atoms with E-state index in [0.717, 1.165) is 72.7 Å². The summed E-state index contributed by atoms with van der Waals surface area (Å²) < 4.78 is 5.78. The third-order valence-electron chi connectivity index (χ3n) is 5.73. The van der Waals surface area contributed by atoms with Crippen LogP contribution in [-0.2, 0) is 25.7 Å². The summed E-state index contributed by atoms with van der Waals surface area (Å²) in [7, 11) is 1.76. The van der Waals surface area contributed by atoms with E-state index < -0.39 is 0 Å². The van der Waals surface area contributed by atoms with Gasteiger partial charge in [0.15, 0.2) is 0 Å². The molecule has 0 spiro atoms. The molecule has 0 radical (unpaired) electrons. The van der Waals surface area contributed by atoms with E-state index in [-0.39, 0.29) is 0 Å². The maximum atomic E-state index is 5.78. The predicted octanol–water partition coefficient (Wildman–Crippen LogP) is 5.76. The van der Waals surface area contributed by atoms with E-state index in [4.69, 9.17) is 14.7 Å². The van der Waals surface area contributed by atoms with E-state index in [0.29, 0.717) is 6.04 Å². The number of fused-ring (bicyclic) bond motifs is 1. The lowest BCUT2D eigenvalue weighted by molar-refractivity contribution is 0.415. The van der Waals surface area contributed by atoms with Crippen LogP contribution in [0.25, 0.3) is 11.3 Å². The molecular formula is C24H35N3O. The first-order valence-corrected chi connectivity index (χ1v) is 11.0. The summed E-state index contributed by atoms with van der Waals surface area (Å²) in [6, 6.07) is 4.94. The van der Waals surface area contributed by atoms with Gasteiger partial charge in [0.2, 0.25) is 0 Å². The first-order chi connectivity index (χ1) is 13.6. The average molecular weight is 382 g/mol. The van der Waals surface area contributed by atoms with Crippen molar-refractivity contribution >= 4 is 5.82 Å². The second-order valence-electron chi connectivity index (χ2n) is 7.88. The Labute approximate surface area is 170 Å². The molecule has 4 nitrogen and oxygen atoms in total.